The lowest BCUT2D eigenvalue weighted by molar-refractivity contribution is 0.590. The van der Waals surface area contributed by atoms with Crippen LogP contribution < -0.4 is 9.80 Å². The van der Waals surface area contributed by atoms with Gasteiger partial charge in [-0.1, -0.05) is 138 Å². The molecule has 0 saturated carbocycles. The molecule has 0 fully saturated rings. The van der Waals surface area contributed by atoms with E-state index in [9.17, 15) is 0 Å². The van der Waals surface area contributed by atoms with E-state index in [1.54, 1.807) is 0 Å². The fraction of sp³-hybridized carbons (Fsp3) is 0.170. The van der Waals surface area contributed by atoms with Crippen molar-refractivity contribution in [1.82, 2.24) is 0 Å². The number of para-hydroxylation sites is 2. The molecule has 0 spiro atoms. The predicted octanol–water partition coefficient (Wildman–Crippen LogP) is 15.0. The first-order chi connectivity index (χ1) is 26.5. The number of nitrogens with zero attached hydrogens (tertiary/aromatic N) is 2. The third-order valence-corrected chi connectivity index (χ3v) is 11.0. The van der Waals surface area contributed by atoms with Gasteiger partial charge >= 0.3 is 0 Å². The van der Waals surface area contributed by atoms with Crippen LogP contribution in [-0.2, 0) is 10.8 Å². The Hall–Kier alpha value is -6.12. The maximum absolute atomic E-state index is 2.40. The van der Waals surface area contributed by atoms with Crippen LogP contribution in [0.1, 0.15) is 73.6 Å². The van der Waals surface area contributed by atoms with Crippen LogP contribution in [0.25, 0.3) is 23.3 Å². The van der Waals surface area contributed by atoms with Crippen molar-refractivity contribution >= 4 is 46.3 Å². The summed E-state index contributed by atoms with van der Waals surface area (Å²) in [7, 11) is 0. The van der Waals surface area contributed by atoms with E-state index in [1.807, 2.05) is 0 Å². The molecule has 1 aliphatic carbocycles. The number of aryl methyl sites for hydroxylation is 2. The first kappa shape index (κ1) is 35.9. The Morgan fingerprint density at radius 1 is 0.418 bits per heavy atom. The van der Waals surface area contributed by atoms with Gasteiger partial charge < -0.3 is 9.80 Å². The van der Waals surface area contributed by atoms with E-state index < -0.39 is 0 Å². The normalized spacial score (nSPS) is 13.1. The van der Waals surface area contributed by atoms with Gasteiger partial charge in [-0.3, -0.25) is 0 Å². The largest absolute Gasteiger partial charge is 0.310 e. The first-order valence-electron chi connectivity index (χ1n) is 19.4. The van der Waals surface area contributed by atoms with Gasteiger partial charge in [-0.25, -0.2) is 0 Å². The number of hydrogen-bond donors (Lipinski definition) is 0. The Morgan fingerprint density at radius 3 is 1.42 bits per heavy atom. The zero-order valence-electron chi connectivity index (χ0n) is 33.1. The van der Waals surface area contributed by atoms with Crippen molar-refractivity contribution in [3.63, 3.8) is 0 Å². The molecule has 7 aromatic rings. The second-order valence-corrected chi connectivity index (χ2v) is 16.6. The summed E-state index contributed by atoms with van der Waals surface area (Å²) in [5, 5.41) is 0. The highest BCUT2D eigenvalue weighted by Crippen LogP contribution is 2.51. The van der Waals surface area contributed by atoms with Gasteiger partial charge in [0.1, 0.15) is 0 Å². The molecule has 2 heteroatoms. The Kier molecular flexibility index (Phi) is 9.31. The molecule has 0 bridgehead atoms. The molecule has 0 unspecified atom stereocenters. The van der Waals surface area contributed by atoms with E-state index in [1.165, 1.54) is 61.4 Å². The molecule has 0 amide bonds. The average molecular weight is 715 g/mol. The van der Waals surface area contributed by atoms with E-state index in [0.717, 1.165) is 22.7 Å². The highest BCUT2D eigenvalue weighted by molar-refractivity contribution is 5.87. The maximum Gasteiger partial charge on any atom is 0.0466 e. The molecule has 8 rings (SSSR count). The van der Waals surface area contributed by atoms with E-state index in [2.05, 4.69) is 234 Å². The summed E-state index contributed by atoms with van der Waals surface area (Å²) in [5.74, 6) is 0. The third kappa shape index (κ3) is 7.13. The zero-order valence-corrected chi connectivity index (χ0v) is 33.1. The fourth-order valence-electron chi connectivity index (χ4n) is 8.15. The van der Waals surface area contributed by atoms with Gasteiger partial charge in [0.15, 0.2) is 0 Å². The van der Waals surface area contributed by atoms with Crippen molar-refractivity contribution in [2.75, 3.05) is 9.80 Å². The van der Waals surface area contributed by atoms with Gasteiger partial charge in [0.25, 0.3) is 0 Å². The summed E-state index contributed by atoms with van der Waals surface area (Å²) < 4.78 is 0. The quantitative estimate of drug-likeness (QED) is 0.145. The summed E-state index contributed by atoms with van der Waals surface area (Å²) in [5.41, 5.74) is 18.5. The molecule has 7 aromatic carbocycles. The number of rotatable bonds is 8. The second kappa shape index (κ2) is 14.3. The molecular formula is C53H50N2. The van der Waals surface area contributed by atoms with Gasteiger partial charge in [0.05, 0.1) is 0 Å². The summed E-state index contributed by atoms with van der Waals surface area (Å²) in [6.07, 6.45) is 4.48. The van der Waals surface area contributed by atoms with Crippen molar-refractivity contribution in [2.45, 2.75) is 59.3 Å². The summed E-state index contributed by atoms with van der Waals surface area (Å²) in [4.78, 5) is 4.72. The minimum absolute atomic E-state index is 0.104. The van der Waals surface area contributed by atoms with E-state index >= 15 is 0 Å². The highest BCUT2D eigenvalue weighted by atomic mass is 15.1. The third-order valence-electron chi connectivity index (χ3n) is 11.0. The minimum atomic E-state index is -0.145. The molecule has 0 aliphatic heterocycles. The highest BCUT2D eigenvalue weighted by Gasteiger charge is 2.36. The number of benzene rings is 7. The number of hydrogen-bond acceptors (Lipinski definition) is 2. The molecule has 0 atom stereocenters. The smallest absolute Gasteiger partial charge is 0.0466 e. The van der Waals surface area contributed by atoms with Crippen molar-refractivity contribution in [2.24, 2.45) is 0 Å². The lowest BCUT2D eigenvalue weighted by Crippen LogP contribution is -2.16. The minimum Gasteiger partial charge on any atom is -0.310 e. The van der Waals surface area contributed by atoms with Crippen molar-refractivity contribution in [1.29, 1.82) is 0 Å². The molecule has 272 valence electrons. The van der Waals surface area contributed by atoms with Crippen LogP contribution in [0.3, 0.4) is 0 Å². The number of fused-ring (bicyclic) bond motifs is 3. The molecule has 1 aliphatic rings. The molecule has 55 heavy (non-hydrogen) atoms. The van der Waals surface area contributed by atoms with Gasteiger partial charge in [-0.2, -0.15) is 0 Å². The first-order valence-corrected chi connectivity index (χ1v) is 19.4. The molecule has 0 heterocycles. The van der Waals surface area contributed by atoms with Gasteiger partial charge in [0.2, 0.25) is 0 Å². The zero-order chi connectivity index (χ0) is 38.3. The van der Waals surface area contributed by atoms with E-state index in [0.29, 0.717) is 0 Å². The fourth-order valence-corrected chi connectivity index (χ4v) is 8.15. The van der Waals surface area contributed by atoms with Crippen LogP contribution in [0.5, 0.6) is 0 Å². The van der Waals surface area contributed by atoms with Gasteiger partial charge in [-0.15, -0.1) is 0 Å². The van der Waals surface area contributed by atoms with Crippen molar-refractivity contribution in [3.05, 3.63) is 203 Å². The lowest BCUT2D eigenvalue weighted by Gasteiger charge is -2.28. The average Bonchev–Trinajstić information content (AvgIpc) is 3.40. The summed E-state index contributed by atoms with van der Waals surface area (Å²) >= 11 is 0. The van der Waals surface area contributed by atoms with Gasteiger partial charge in [0, 0.05) is 39.5 Å². The van der Waals surface area contributed by atoms with E-state index in [-0.39, 0.29) is 10.8 Å². The molecule has 0 saturated heterocycles. The Balaban J connectivity index is 1.07. The predicted molar refractivity (Wildman–Crippen MR) is 237 cm³/mol. The van der Waals surface area contributed by atoms with Crippen LogP contribution in [-0.4, -0.2) is 0 Å². The molecule has 0 aromatic heterocycles. The molecule has 0 radical (unpaired) electrons. The van der Waals surface area contributed by atoms with Crippen molar-refractivity contribution in [3.8, 4) is 11.1 Å². The van der Waals surface area contributed by atoms with Crippen LogP contribution in [0.15, 0.2) is 164 Å². The lowest BCUT2D eigenvalue weighted by atomic mass is 9.81. The number of anilines is 6. The monoisotopic (exact) mass is 714 g/mol. The summed E-state index contributed by atoms with van der Waals surface area (Å²) in [6, 6.07) is 60.0. The van der Waals surface area contributed by atoms with Crippen LogP contribution >= 0.6 is 0 Å². The molecule has 0 N–H and O–H groups in total. The van der Waals surface area contributed by atoms with Crippen molar-refractivity contribution < 1.29 is 0 Å². The SMILES string of the molecule is Cc1cc(C)cc(N(c2ccc(/C=C/c3ccc4c(c3)C(C)(C)c3cc(N(c5ccccc5)c5ccccc5)ccc3-4)cc2)c2ccc(C(C)(C)C)cc2)c1. The van der Waals surface area contributed by atoms with E-state index in [4.69, 9.17) is 0 Å². The standard InChI is InChI=1S/C53H50N2/c1-37-32-38(2)34-47(33-37)55(45-27-23-41(24-28-45)52(3,4)5)44-25-20-39(21-26-44)18-19-40-22-30-48-49-31-29-46(36-51(49)53(6,7)50(48)35-40)54(42-14-10-8-11-15-42)43-16-12-9-13-17-43/h8-36H,1-7H3/b19-18+. The van der Waals surface area contributed by atoms with Crippen LogP contribution in [0, 0.1) is 13.8 Å². The Morgan fingerprint density at radius 2 is 0.855 bits per heavy atom. The Labute approximate surface area is 328 Å². The summed E-state index contributed by atoms with van der Waals surface area (Å²) in [6.45, 7) is 15.9. The van der Waals surface area contributed by atoms with Crippen LogP contribution in [0.4, 0.5) is 34.1 Å². The van der Waals surface area contributed by atoms with Crippen LogP contribution in [0.2, 0.25) is 0 Å². The topological polar surface area (TPSA) is 6.48 Å². The molecule has 2 nitrogen and oxygen atoms in total. The van der Waals surface area contributed by atoms with Gasteiger partial charge in [-0.05, 0) is 142 Å². The maximum atomic E-state index is 2.40. The molecular weight excluding hydrogens is 665 g/mol. The Bertz CT molecular complexity index is 2420. The second-order valence-electron chi connectivity index (χ2n) is 16.6.